The van der Waals surface area contributed by atoms with Crippen molar-refractivity contribution in [3.63, 3.8) is 0 Å². The molecule has 1 saturated heterocycles. The fourth-order valence-electron chi connectivity index (χ4n) is 3.35. The van der Waals surface area contributed by atoms with Gasteiger partial charge in [0.1, 0.15) is 11.6 Å². The van der Waals surface area contributed by atoms with Gasteiger partial charge in [-0.25, -0.2) is 8.78 Å². The third-order valence-corrected chi connectivity index (χ3v) is 4.86. The molecule has 6 heteroatoms. The smallest absolute Gasteiger partial charge is 0.251 e. The van der Waals surface area contributed by atoms with Crippen molar-refractivity contribution in [2.75, 3.05) is 39.3 Å². The van der Waals surface area contributed by atoms with Crippen LogP contribution in [-0.2, 0) is 0 Å². The van der Waals surface area contributed by atoms with Crippen LogP contribution in [0.25, 0.3) is 11.1 Å². The maximum atomic E-state index is 14.5. The molecule has 0 spiro atoms. The molecule has 1 heterocycles. The molecule has 0 saturated carbocycles. The summed E-state index contributed by atoms with van der Waals surface area (Å²) in [5, 5.41) is 6.15. The summed E-state index contributed by atoms with van der Waals surface area (Å²) in [5.41, 5.74) is 1.93. The van der Waals surface area contributed by atoms with Gasteiger partial charge in [0.2, 0.25) is 0 Å². The molecule has 4 nitrogen and oxygen atoms in total. The van der Waals surface area contributed by atoms with Gasteiger partial charge in [-0.15, -0.1) is 0 Å². The number of rotatable bonds is 6. The molecule has 2 aromatic rings. The number of nitrogens with one attached hydrogen (secondary N) is 2. The summed E-state index contributed by atoms with van der Waals surface area (Å²) in [5.74, 6) is -1.12. The Morgan fingerprint density at radius 2 is 1.85 bits per heavy atom. The van der Waals surface area contributed by atoms with Crippen LogP contribution in [0.2, 0.25) is 0 Å². The molecule has 1 aliphatic rings. The van der Waals surface area contributed by atoms with E-state index in [0.717, 1.165) is 39.1 Å². The van der Waals surface area contributed by atoms with Gasteiger partial charge in [0.15, 0.2) is 0 Å². The molecule has 1 fully saturated rings. The first-order valence-corrected chi connectivity index (χ1v) is 9.32. The van der Waals surface area contributed by atoms with Crippen LogP contribution < -0.4 is 10.6 Å². The molecule has 0 aliphatic carbocycles. The molecule has 0 atom stereocenters. The van der Waals surface area contributed by atoms with Crippen LogP contribution >= 0.6 is 0 Å². The van der Waals surface area contributed by atoms with E-state index in [1.54, 1.807) is 25.1 Å². The Labute approximate surface area is 158 Å². The minimum Gasteiger partial charge on any atom is -0.352 e. The molecule has 1 aliphatic heterocycles. The lowest BCUT2D eigenvalue weighted by Gasteiger charge is -2.27. The number of benzene rings is 2. The zero-order chi connectivity index (χ0) is 19.2. The first-order valence-electron chi connectivity index (χ1n) is 9.32. The van der Waals surface area contributed by atoms with E-state index in [1.807, 2.05) is 0 Å². The van der Waals surface area contributed by atoms with Gasteiger partial charge < -0.3 is 15.5 Å². The van der Waals surface area contributed by atoms with E-state index in [1.165, 1.54) is 18.2 Å². The fraction of sp³-hybridized carbons (Fsp3) is 0.381. The number of amides is 1. The van der Waals surface area contributed by atoms with Gasteiger partial charge in [-0.05, 0) is 55.3 Å². The average Bonchev–Trinajstić information content (AvgIpc) is 2.66. The van der Waals surface area contributed by atoms with Crippen LogP contribution in [0.4, 0.5) is 8.78 Å². The van der Waals surface area contributed by atoms with Crippen molar-refractivity contribution >= 4 is 5.91 Å². The van der Waals surface area contributed by atoms with Crippen molar-refractivity contribution < 1.29 is 13.6 Å². The number of hydrogen-bond donors (Lipinski definition) is 2. The van der Waals surface area contributed by atoms with Crippen LogP contribution in [0.3, 0.4) is 0 Å². The highest BCUT2D eigenvalue weighted by Gasteiger charge is 2.13. The number of nitrogens with zero attached hydrogens (tertiary/aromatic N) is 1. The Balaban J connectivity index is 1.57. The zero-order valence-corrected chi connectivity index (χ0v) is 15.5. The highest BCUT2D eigenvalue weighted by Crippen LogP contribution is 2.27. The van der Waals surface area contributed by atoms with Gasteiger partial charge >= 0.3 is 0 Å². The molecule has 144 valence electrons. The Bertz CT molecular complexity index is 804. The summed E-state index contributed by atoms with van der Waals surface area (Å²) in [4.78, 5) is 14.6. The van der Waals surface area contributed by atoms with Crippen LogP contribution in [0.5, 0.6) is 0 Å². The number of carbonyl (C=O) groups is 1. The first kappa shape index (κ1) is 19.5. The normalized spacial score (nSPS) is 14.9. The van der Waals surface area contributed by atoms with Crippen LogP contribution in [0.1, 0.15) is 22.3 Å². The van der Waals surface area contributed by atoms with Crippen LogP contribution in [-0.4, -0.2) is 50.1 Å². The lowest BCUT2D eigenvalue weighted by molar-refractivity contribution is 0.0951. The Morgan fingerprint density at radius 1 is 1.11 bits per heavy atom. The highest BCUT2D eigenvalue weighted by molar-refractivity contribution is 5.94. The summed E-state index contributed by atoms with van der Waals surface area (Å²) < 4.78 is 27.8. The predicted octanol–water partition coefficient (Wildman–Crippen LogP) is 2.97. The Morgan fingerprint density at radius 3 is 2.56 bits per heavy atom. The standard InChI is InChI=1S/C21H25F2N3O/c1-15-13-17(22)4-6-18(15)19-5-3-16(14-20(19)23)21(27)25-7-2-10-26-11-8-24-9-12-26/h3-6,13-14,24H,2,7-12H2,1H3,(H,25,27). The zero-order valence-electron chi connectivity index (χ0n) is 15.5. The van der Waals surface area contributed by atoms with Crippen LogP contribution in [0, 0.1) is 18.6 Å². The van der Waals surface area contributed by atoms with Crippen molar-refractivity contribution in [1.29, 1.82) is 0 Å². The number of hydrogen-bond acceptors (Lipinski definition) is 3. The second kappa shape index (κ2) is 9.06. The van der Waals surface area contributed by atoms with Gasteiger partial charge in [0.05, 0.1) is 0 Å². The van der Waals surface area contributed by atoms with Gasteiger partial charge in [0.25, 0.3) is 5.91 Å². The van der Waals surface area contributed by atoms with E-state index < -0.39 is 5.82 Å². The summed E-state index contributed by atoms with van der Waals surface area (Å²) >= 11 is 0. The van der Waals surface area contributed by atoms with E-state index in [4.69, 9.17) is 0 Å². The summed E-state index contributed by atoms with van der Waals surface area (Å²) in [7, 11) is 0. The fourth-order valence-corrected chi connectivity index (χ4v) is 3.35. The number of piperazine rings is 1. The SMILES string of the molecule is Cc1cc(F)ccc1-c1ccc(C(=O)NCCCN2CCNCC2)cc1F. The van der Waals surface area contributed by atoms with E-state index in [0.29, 0.717) is 23.2 Å². The minimum atomic E-state index is -0.488. The molecule has 27 heavy (non-hydrogen) atoms. The van der Waals surface area contributed by atoms with Crippen molar-refractivity contribution in [2.24, 2.45) is 0 Å². The summed E-state index contributed by atoms with van der Waals surface area (Å²) in [6, 6.07) is 8.65. The van der Waals surface area contributed by atoms with Gasteiger partial charge in [-0.1, -0.05) is 12.1 Å². The van der Waals surface area contributed by atoms with Crippen LogP contribution in [0.15, 0.2) is 36.4 Å². The van der Waals surface area contributed by atoms with E-state index in [2.05, 4.69) is 15.5 Å². The lowest BCUT2D eigenvalue weighted by Crippen LogP contribution is -2.44. The highest BCUT2D eigenvalue weighted by atomic mass is 19.1. The Hall–Kier alpha value is -2.31. The monoisotopic (exact) mass is 373 g/mol. The molecule has 0 unspecified atom stereocenters. The second-order valence-corrected chi connectivity index (χ2v) is 6.85. The van der Waals surface area contributed by atoms with Crippen molar-refractivity contribution in [2.45, 2.75) is 13.3 Å². The topological polar surface area (TPSA) is 44.4 Å². The molecule has 0 bridgehead atoms. The summed E-state index contributed by atoms with van der Waals surface area (Å²) in [6.07, 6.45) is 0.862. The largest absolute Gasteiger partial charge is 0.352 e. The minimum absolute atomic E-state index is 0.281. The first-order chi connectivity index (χ1) is 13.0. The van der Waals surface area contributed by atoms with Crippen molar-refractivity contribution in [1.82, 2.24) is 15.5 Å². The van der Waals surface area contributed by atoms with E-state index in [9.17, 15) is 13.6 Å². The second-order valence-electron chi connectivity index (χ2n) is 6.85. The third kappa shape index (κ3) is 5.11. The van der Waals surface area contributed by atoms with Gasteiger partial charge in [0, 0.05) is 43.9 Å². The predicted molar refractivity (Wildman–Crippen MR) is 103 cm³/mol. The summed E-state index contributed by atoms with van der Waals surface area (Å²) in [6.45, 7) is 7.31. The number of aryl methyl sites for hydroxylation is 1. The molecular weight excluding hydrogens is 348 g/mol. The molecule has 0 radical (unpaired) electrons. The maximum Gasteiger partial charge on any atom is 0.251 e. The molecule has 1 amide bonds. The molecule has 0 aromatic heterocycles. The quantitative estimate of drug-likeness (QED) is 0.766. The maximum absolute atomic E-state index is 14.5. The lowest BCUT2D eigenvalue weighted by atomic mass is 9.98. The molecule has 3 rings (SSSR count). The molecular formula is C21H25F2N3O. The van der Waals surface area contributed by atoms with Gasteiger partial charge in [-0.2, -0.15) is 0 Å². The van der Waals surface area contributed by atoms with Crippen molar-refractivity contribution in [3.05, 3.63) is 59.2 Å². The Kier molecular flexibility index (Phi) is 6.53. The van der Waals surface area contributed by atoms with E-state index >= 15 is 0 Å². The number of carbonyl (C=O) groups excluding carboxylic acids is 1. The van der Waals surface area contributed by atoms with Gasteiger partial charge in [-0.3, -0.25) is 4.79 Å². The van der Waals surface area contributed by atoms with Crippen molar-refractivity contribution in [3.8, 4) is 11.1 Å². The number of halogens is 2. The van der Waals surface area contributed by atoms with E-state index in [-0.39, 0.29) is 17.3 Å². The average molecular weight is 373 g/mol. The third-order valence-electron chi connectivity index (χ3n) is 4.86. The molecule has 2 aromatic carbocycles. The molecule has 2 N–H and O–H groups in total.